The zero-order valence-electron chi connectivity index (χ0n) is 9.50. The molecule has 0 saturated heterocycles. The number of hydrogen-bond acceptors (Lipinski definition) is 1. The second kappa shape index (κ2) is 4.78. The summed E-state index contributed by atoms with van der Waals surface area (Å²) in [5.74, 6) is 0. The summed E-state index contributed by atoms with van der Waals surface area (Å²) in [4.78, 5) is 11.8. The molecule has 0 spiro atoms. The zero-order valence-corrected chi connectivity index (χ0v) is 12.7. The molecular weight excluding hydrogens is 346 g/mol. The third-order valence-corrected chi connectivity index (χ3v) is 3.82. The molecular formula is C13H11Br2NO. The molecule has 2 nitrogen and oxygen atoms in total. The number of hydrogen-bond donors (Lipinski definition) is 0. The minimum Gasteiger partial charge on any atom is -0.310 e. The van der Waals surface area contributed by atoms with E-state index >= 15 is 0 Å². The van der Waals surface area contributed by atoms with Crippen molar-refractivity contribution in [3.63, 3.8) is 0 Å². The molecule has 0 aliphatic rings. The van der Waals surface area contributed by atoms with Crippen LogP contribution < -0.4 is 5.56 Å². The molecule has 4 heteroatoms. The summed E-state index contributed by atoms with van der Waals surface area (Å²) in [5, 5.41) is 0. The Labute approximate surface area is 117 Å². The Morgan fingerprint density at radius 1 is 1.12 bits per heavy atom. The van der Waals surface area contributed by atoms with Crippen molar-refractivity contribution >= 4 is 31.9 Å². The van der Waals surface area contributed by atoms with Crippen molar-refractivity contribution in [3.8, 4) is 11.3 Å². The first kappa shape index (κ1) is 12.6. The Bertz CT molecular complexity index is 632. The molecule has 1 aromatic carbocycles. The van der Waals surface area contributed by atoms with Crippen LogP contribution in [0.3, 0.4) is 0 Å². The van der Waals surface area contributed by atoms with Gasteiger partial charge in [-0.25, -0.2) is 0 Å². The van der Waals surface area contributed by atoms with Gasteiger partial charge in [0.1, 0.15) is 0 Å². The maximum Gasteiger partial charge on any atom is 0.265 e. The van der Waals surface area contributed by atoms with Crippen LogP contribution in [-0.2, 0) is 7.05 Å². The molecule has 0 amide bonds. The first-order valence-electron chi connectivity index (χ1n) is 5.13. The molecule has 2 rings (SSSR count). The van der Waals surface area contributed by atoms with E-state index in [0.717, 1.165) is 21.3 Å². The Morgan fingerprint density at radius 3 is 2.47 bits per heavy atom. The lowest BCUT2D eigenvalue weighted by molar-refractivity contribution is 0.863. The van der Waals surface area contributed by atoms with E-state index in [9.17, 15) is 4.79 Å². The van der Waals surface area contributed by atoms with Gasteiger partial charge in [-0.3, -0.25) is 4.79 Å². The topological polar surface area (TPSA) is 22.0 Å². The van der Waals surface area contributed by atoms with Crippen molar-refractivity contribution in [2.45, 2.75) is 6.92 Å². The Morgan fingerprint density at radius 2 is 1.82 bits per heavy atom. The van der Waals surface area contributed by atoms with E-state index in [2.05, 4.69) is 31.9 Å². The van der Waals surface area contributed by atoms with Crippen molar-refractivity contribution in [2.24, 2.45) is 7.05 Å². The van der Waals surface area contributed by atoms with E-state index in [4.69, 9.17) is 0 Å². The molecule has 0 aliphatic carbocycles. The van der Waals surface area contributed by atoms with E-state index in [1.54, 1.807) is 17.7 Å². The molecule has 0 bridgehead atoms. The lowest BCUT2D eigenvalue weighted by Gasteiger charge is -2.11. The van der Waals surface area contributed by atoms with Crippen LogP contribution in [0.15, 0.2) is 44.1 Å². The van der Waals surface area contributed by atoms with Crippen molar-refractivity contribution in [2.75, 3.05) is 0 Å². The third-order valence-electron chi connectivity index (χ3n) is 2.72. The fourth-order valence-corrected chi connectivity index (χ4v) is 2.66. The predicted octanol–water partition coefficient (Wildman–Crippen LogP) is 3.89. The van der Waals surface area contributed by atoms with Gasteiger partial charge < -0.3 is 4.57 Å². The number of rotatable bonds is 1. The van der Waals surface area contributed by atoms with Crippen molar-refractivity contribution in [1.82, 2.24) is 4.57 Å². The molecule has 1 aromatic heterocycles. The van der Waals surface area contributed by atoms with Gasteiger partial charge in [0.2, 0.25) is 0 Å². The number of aromatic nitrogens is 1. The standard InChI is InChI=1S/C13H11Br2NO/c1-8-7-9(14)3-4-10(8)12-6-5-11(15)13(17)16(12)2/h3-7H,1-2H3. The highest BCUT2D eigenvalue weighted by atomic mass is 79.9. The number of pyridine rings is 1. The summed E-state index contributed by atoms with van der Waals surface area (Å²) in [6.45, 7) is 2.03. The van der Waals surface area contributed by atoms with Gasteiger partial charge >= 0.3 is 0 Å². The van der Waals surface area contributed by atoms with Crippen molar-refractivity contribution in [1.29, 1.82) is 0 Å². The summed E-state index contributed by atoms with van der Waals surface area (Å²) >= 11 is 6.68. The minimum absolute atomic E-state index is 0.0233. The van der Waals surface area contributed by atoms with Crippen molar-refractivity contribution < 1.29 is 0 Å². The minimum atomic E-state index is -0.0233. The van der Waals surface area contributed by atoms with Gasteiger partial charge in [-0.05, 0) is 52.7 Å². The molecule has 0 N–H and O–H groups in total. The van der Waals surface area contributed by atoms with Crippen LogP contribution in [-0.4, -0.2) is 4.57 Å². The van der Waals surface area contributed by atoms with Gasteiger partial charge in [0.15, 0.2) is 0 Å². The fourth-order valence-electron chi connectivity index (χ4n) is 1.79. The first-order chi connectivity index (χ1) is 8.00. The van der Waals surface area contributed by atoms with Crippen LogP contribution in [0.1, 0.15) is 5.56 Å². The molecule has 0 unspecified atom stereocenters. The molecule has 17 heavy (non-hydrogen) atoms. The van der Waals surface area contributed by atoms with Crippen molar-refractivity contribution in [3.05, 3.63) is 55.2 Å². The maximum atomic E-state index is 11.8. The highest BCUT2D eigenvalue weighted by molar-refractivity contribution is 9.10. The zero-order chi connectivity index (χ0) is 12.6. The largest absolute Gasteiger partial charge is 0.310 e. The van der Waals surface area contributed by atoms with Crippen LogP contribution in [0.4, 0.5) is 0 Å². The van der Waals surface area contributed by atoms with Gasteiger partial charge in [0, 0.05) is 17.1 Å². The van der Waals surface area contributed by atoms with Gasteiger partial charge in [0.25, 0.3) is 5.56 Å². The molecule has 1 heterocycles. The lowest BCUT2D eigenvalue weighted by Crippen LogP contribution is -2.18. The van der Waals surface area contributed by atoms with E-state index in [-0.39, 0.29) is 5.56 Å². The smallest absolute Gasteiger partial charge is 0.265 e. The lowest BCUT2D eigenvalue weighted by atomic mass is 10.1. The average molecular weight is 357 g/mol. The molecule has 0 fully saturated rings. The Hall–Kier alpha value is -0.870. The summed E-state index contributed by atoms with van der Waals surface area (Å²) in [6.07, 6.45) is 0. The van der Waals surface area contributed by atoms with Crippen LogP contribution in [0.2, 0.25) is 0 Å². The average Bonchev–Trinajstić information content (AvgIpc) is 2.28. The van der Waals surface area contributed by atoms with E-state index in [1.165, 1.54) is 0 Å². The Balaban J connectivity index is 2.69. The fraction of sp³-hybridized carbons (Fsp3) is 0.154. The highest BCUT2D eigenvalue weighted by Crippen LogP contribution is 2.25. The number of aryl methyl sites for hydroxylation is 1. The summed E-state index contributed by atoms with van der Waals surface area (Å²) in [5.41, 5.74) is 3.10. The summed E-state index contributed by atoms with van der Waals surface area (Å²) in [6, 6.07) is 9.78. The second-order valence-corrected chi connectivity index (χ2v) is 5.66. The van der Waals surface area contributed by atoms with Gasteiger partial charge in [-0.15, -0.1) is 0 Å². The number of benzene rings is 1. The summed E-state index contributed by atoms with van der Waals surface area (Å²) < 4.78 is 3.28. The monoisotopic (exact) mass is 355 g/mol. The normalized spacial score (nSPS) is 10.6. The quantitative estimate of drug-likeness (QED) is 0.759. The van der Waals surface area contributed by atoms with Crippen LogP contribution in [0, 0.1) is 6.92 Å². The van der Waals surface area contributed by atoms with E-state index in [1.807, 2.05) is 31.2 Å². The van der Waals surface area contributed by atoms with Gasteiger partial charge in [-0.2, -0.15) is 0 Å². The number of nitrogens with zero attached hydrogens (tertiary/aromatic N) is 1. The summed E-state index contributed by atoms with van der Waals surface area (Å²) in [7, 11) is 1.78. The number of halogens is 2. The van der Waals surface area contributed by atoms with Crippen LogP contribution >= 0.6 is 31.9 Å². The first-order valence-corrected chi connectivity index (χ1v) is 6.71. The van der Waals surface area contributed by atoms with Crippen LogP contribution in [0.25, 0.3) is 11.3 Å². The molecule has 2 aromatic rings. The molecule has 0 saturated carbocycles. The molecule has 0 aliphatic heterocycles. The van der Waals surface area contributed by atoms with E-state index in [0.29, 0.717) is 4.47 Å². The molecule has 88 valence electrons. The van der Waals surface area contributed by atoms with E-state index < -0.39 is 0 Å². The second-order valence-electron chi connectivity index (χ2n) is 3.89. The SMILES string of the molecule is Cc1cc(Br)ccc1-c1ccc(Br)c(=O)n1C. The Kier molecular flexibility index (Phi) is 3.54. The van der Waals surface area contributed by atoms with Gasteiger partial charge in [0.05, 0.1) is 10.2 Å². The highest BCUT2D eigenvalue weighted by Gasteiger charge is 2.08. The van der Waals surface area contributed by atoms with Crippen LogP contribution in [0.5, 0.6) is 0 Å². The molecule has 0 radical (unpaired) electrons. The predicted molar refractivity (Wildman–Crippen MR) is 77.3 cm³/mol. The molecule has 0 atom stereocenters. The third kappa shape index (κ3) is 2.38. The maximum absolute atomic E-state index is 11.8. The van der Waals surface area contributed by atoms with Gasteiger partial charge in [-0.1, -0.05) is 22.0 Å².